The molecule has 0 radical (unpaired) electrons. The maximum absolute atomic E-state index is 11.7. The van der Waals surface area contributed by atoms with Gasteiger partial charge in [-0.2, -0.15) is 5.11 Å². The van der Waals surface area contributed by atoms with Crippen molar-refractivity contribution >= 4 is 46.2 Å². The summed E-state index contributed by atoms with van der Waals surface area (Å²) < 4.78 is 17.2. The molecular weight excluding hydrogens is 657 g/mol. The number of halogens is 3. The summed E-state index contributed by atoms with van der Waals surface area (Å²) in [6.07, 6.45) is 5.50. The number of phenolic OH excluding ortho intramolecular Hbond substituents is 1. The number of aromatic hydroxyl groups is 1. The fraction of sp³-hybridized carbons (Fsp3) is 0.216. The first-order valence-corrected chi connectivity index (χ1v) is 16.1. The van der Waals surface area contributed by atoms with Gasteiger partial charge in [-0.15, -0.1) is 5.11 Å². The molecule has 1 aliphatic rings. The Morgan fingerprint density at radius 1 is 0.574 bits per heavy atom. The minimum Gasteiger partial charge on any atom is -0.507 e. The smallest absolute Gasteiger partial charge is 0.180 e. The molecule has 0 saturated heterocycles. The molecule has 0 amide bonds. The normalized spacial score (nSPS) is 12.3. The van der Waals surface area contributed by atoms with Gasteiger partial charge < -0.3 is 19.3 Å². The predicted octanol–water partition coefficient (Wildman–Crippen LogP) is 9.89. The lowest BCUT2D eigenvalue weighted by Gasteiger charge is -2.20. The van der Waals surface area contributed by atoms with Crippen molar-refractivity contribution in [1.82, 2.24) is 4.98 Å². The number of hydrogen-bond donors (Lipinski definition) is 1. The van der Waals surface area contributed by atoms with Crippen molar-refractivity contribution in [2.75, 3.05) is 21.3 Å². The molecule has 4 aromatic carbocycles. The van der Waals surface area contributed by atoms with Gasteiger partial charge in [0, 0.05) is 43.0 Å². The highest BCUT2D eigenvalue weighted by atomic mass is 35.6. The third-order valence-corrected chi connectivity index (χ3v) is 7.85. The SMILES string of the molecule is COc1c2cccc1Cc1cccc(c1OC)Cc1cccc(c1OC)Cc1cc(N=Nc3cccnc3)cc(c1O)C2.ClC(Cl)Cl. The van der Waals surface area contributed by atoms with E-state index in [1.807, 2.05) is 48.5 Å². The van der Waals surface area contributed by atoms with Crippen LogP contribution >= 0.6 is 34.8 Å². The Bertz CT molecular complexity index is 1760. The number of alkyl halides is 3. The summed E-state index contributed by atoms with van der Waals surface area (Å²) in [4.78, 5) is 4.13. The van der Waals surface area contributed by atoms with Crippen LogP contribution in [0.5, 0.6) is 23.0 Å². The Hall–Kier alpha value is -4.30. The highest BCUT2D eigenvalue weighted by Gasteiger charge is 2.20. The molecule has 0 spiro atoms. The second-order valence-corrected chi connectivity index (χ2v) is 12.8. The molecule has 0 atom stereocenters. The van der Waals surface area contributed by atoms with Gasteiger partial charge in [0.05, 0.1) is 33.2 Å². The van der Waals surface area contributed by atoms with E-state index in [0.29, 0.717) is 37.1 Å². The van der Waals surface area contributed by atoms with Crippen LogP contribution in [0.3, 0.4) is 0 Å². The molecule has 6 rings (SSSR count). The quantitative estimate of drug-likeness (QED) is 0.144. The Balaban J connectivity index is 0.00000103. The van der Waals surface area contributed by atoms with Crippen LogP contribution in [0.1, 0.15) is 44.5 Å². The van der Waals surface area contributed by atoms with Crippen molar-refractivity contribution in [3.05, 3.63) is 136 Å². The zero-order valence-electron chi connectivity index (χ0n) is 26.2. The number of azo groups is 1. The van der Waals surface area contributed by atoms with E-state index in [1.165, 1.54) is 0 Å². The minimum atomic E-state index is -0.750. The van der Waals surface area contributed by atoms with Crippen LogP contribution in [0.25, 0.3) is 0 Å². The van der Waals surface area contributed by atoms with Gasteiger partial charge in [0.25, 0.3) is 0 Å². The van der Waals surface area contributed by atoms with Gasteiger partial charge in [0.2, 0.25) is 0 Å². The number of rotatable bonds is 5. The topological polar surface area (TPSA) is 85.5 Å². The average Bonchev–Trinajstić information content (AvgIpc) is 3.06. The summed E-state index contributed by atoms with van der Waals surface area (Å²) in [5, 5.41) is 20.6. The van der Waals surface area contributed by atoms with Crippen molar-refractivity contribution in [1.29, 1.82) is 0 Å². The van der Waals surface area contributed by atoms with Gasteiger partial charge in [-0.1, -0.05) is 89.4 Å². The molecule has 1 aromatic heterocycles. The summed E-state index contributed by atoms with van der Waals surface area (Å²) in [7, 11) is 5.11. The van der Waals surface area contributed by atoms with E-state index in [1.54, 1.807) is 33.7 Å². The van der Waals surface area contributed by atoms with Crippen LogP contribution in [-0.2, 0) is 25.7 Å². The fourth-order valence-corrected chi connectivity index (χ4v) is 5.95. The number of ether oxygens (including phenoxy) is 3. The number of para-hydroxylation sites is 3. The van der Waals surface area contributed by atoms with Crippen molar-refractivity contribution in [3.63, 3.8) is 0 Å². The standard InChI is InChI=1S/C36H33N3O4.CHCl3/c1-41-34-23-8-4-9-24(34)17-26-11-6-13-28(36(26)43-3)19-30-21-32(39-38-31-14-7-15-37-22-31)20-29(33(30)40)18-27-12-5-10-25(16-23)35(27)42-2;2-1(3)4/h4-15,20-22,40H,16-19H2,1-3H3;1H. The van der Waals surface area contributed by atoms with Crippen LogP contribution in [0.4, 0.5) is 11.4 Å². The lowest BCUT2D eigenvalue weighted by atomic mass is 9.91. The van der Waals surface area contributed by atoms with Gasteiger partial charge in [-0.3, -0.25) is 4.98 Å². The van der Waals surface area contributed by atoms with Gasteiger partial charge in [0.1, 0.15) is 28.7 Å². The highest BCUT2D eigenvalue weighted by Crippen LogP contribution is 2.39. The largest absolute Gasteiger partial charge is 0.507 e. The number of pyridine rings is 1. The van der Waals surface area contributed by atoms with E-state index < -0.39 is 4.30 Å². The van der Waals surface area contributed by atoms with Crippen LogP contribution in [0.2, 0.25) is 0 Å². The Morgan fingerprint density at radius 3 is 1.28 bits per heavy atom. The molecule has 0 saturated carbocycles. The Kier molecular flexibility index (Phi) is 11.6. The van der Waals surface area contributed by atoms with E-state index in [-0.39, 0.29) is 5.75 Å². The van der Waals surface area contributed by atoms with Crippen molar-refractivity contribution in [3.8, 4) is 23.0 Å². The number of methoxy groups -OCH3 is 3. The Morgan fingerprint density at radius 2 is 0.936 bits per heavy atom. The van der Waals surface area contributed by atoms with Gasteiger partial charge >= 0.3 is 0 Å². The monoisotopic (exact) mass is 689 g/mol. The van der Waals surface area contributed by atoms with Crippen LogP contribution in [-0.4, -0.2) is 35.7 Å². The highest BCUT2D eigenvalue weighted by molar-refractivity contribution is 6.63. The number of aromatic nitrogens is 1. The van der Waals surface area contributed by atoms with Crippen LogP contribution < -0.4 is 14.2 Å². The number of nitrogens with zero attached hydrogens (tertiary/aromatic N) is 3. The van der Waals surface area contributed by atoms with Gasteiger partial charge in [0.15, 0.2) is 4.30 Å². The van der Waals surface area contributed by atoms with Gasteiger partial charge in [-0.25, -0.2) is 0 Å². The van der Waals surface area contributed by atoms with E-state index in [9.17, 15) is 5.11 Å². The van der Waals surface area contributed by atoms with Crippen LogP contribution in [0, 0.1) is 0 Å². The predicted molar refractivity (Wildman–Crippen MR) is 188 cm³/mol. The number of hydrogen-bond acceptors (Lipinski definition) is 7. The van der Waals surface area contributed by atoms with E-state index >= 15 is 0 Å². The molecular formula is C37H34Cl3N3O4. The molecule has 0 aliphatic heterocycles. The minimum absolute atomic E-state index is 0.222. The molecule has 0 fully saturated rings. The summed E-state index contributed by atoms with van der Waals surface area (Å²) in [5.41, 5.74) is 8.89. The number of phenols is 1. The molecule has 10 heteroatoms. The first-order valence-electron chi connectivity index (χ1n) is 14.8. The maximum atomic E-state index is 11.7. The van der Waals surface area contributed by atoms with E-state index in [0.717, 1.165) is 61.8 Å². The summed E-state index contributed by atoms with van der Waals surface area (Å²) in [6, 6.07) is 26.0. The Labute approximate surface area is 289 Å². The van der Waals surface area contributed by atoms with E-state index in [2.05, 4.69) is 45.5 Å². The van der Waals surface area contributed by atoms with Crippen molar-refractivity contribution in [2.24, 2.45) is 10.2 Å². The third-order valence-electron chi connectivity index (χ3n) is 7.85. The zero-order chi connectivity index (χ0) is 33.3. The van der Waals surface area contributed by atoms with Crippen molar-refractivity contribution < 1.29 is 19.3 Å². The maximum Gasteiger partial charge on any atom is 0.180 e. The second-order valence-electron chi connectivity index (χ2n) is 10.8. The molecule has 1 heterocycles. The van der Waals surface area contributed by atoms with Gasteiger partial charge in [-0.05, 0) is 57.6 Å². The molecule has 242 valence electrons. The molecule has 0 unspecified atom stereocenters. The summed E-state index contributed by atoms with van der Waals surface area (Å²) >= 11 is 14.4. The van der Waals surface area contributed by atoms with Crippen LogP contribution in [0.15, 0.2) is 101 Å². The average molecular weight is 691 g/mol. The van der Waals surface area contributed by atoms with E-state index in [4.69, 9.17) is 49.0 Å². The summed E-state index contributed by atoms with van der Waals surface area (Å²) in [6.45, 7) is 0. The molecule has 7 nitrogen and oxygen atoms in total. The first kappa shape index (κ1) is 34.0. The fourth-order valence-electron chi connectivity index (χ4n) is 5.95. The second kappa shape index (κ2) is 16.0. The molecule has 5 aromatic rings. The molecule has 8 bridgehead atoms. The zero-order valence-corrected chi connectivity index (χ0v) is 28.5. The number of benzene rings is 4. The molecule has 47 heavy (non-hydrogen) atoms. The lowest BCUT2D eigenvalue weighted by molar-refractivity contribution is 0.398. The lowest BCUT2D eigenvalue weighted by Crippen LogP contribution is -2.05. The molecule has 1 N–H and O–H groups in total. The summed E-state index contributed by atoms with van der Waals surface area (Å²) in [5.74, 6) is 2.66. The number of fused-ring (bicyclic) bond motifs is 8. The first-order chi connectivity index (χ1) is 22.8. The molecule has 1 aliphatic carbocycles. The third kappa shape index (κ3) is 8.35. The van der Waals surface area contributed by atoms with Crippen molar-refractivity contribution in [2.45, 2.75) is 30.0 Å².